The molecule has 0 aliphatic heterocycles. The Morgan fingerprint density at radius 1 is 1.05 bits per heavy atom. The van der Waals surface area contributed by atoms with Crippen LogP contribution in [0.1, 0.15) is 52.5 Å². The van der Waals surface area contributed by atoms with Crippen molar-refractivity contribution in [3.63, 3.8) is 0 Å². The maximum absolute atomic E-state index is 9.53. The molecular weight excluding hydrogens is 458 g/mol. The second-order valence-corrected chi connectivity index (χ2v) is 9.60. The lowest BCUT2D eigenvalue weighted by atomic mass is 9.93. The third-order valence-electron chi connectivity index (χ3n) is 7.18. The first-order valence-corrected chi connectivity index (χ1v) is 12.7. The van der Waals surface area contributed by atoms with E-state index in [0.717, 1.165) is 76.9 Å². The van der Waals surface area contributed by atoms with E-state index < -0.39 is 0 Å². The summed E-state index contributed by atoms with van der Waals surface area (Å²) in [5.41, 5.74) is 11.2. The first kappa shape index (κ1) is 22.9. The Bertz CT molecular complexity index is 1690. The molecule has 0 unspecified atom stereocenters. The van der Waals surface area contributed by atoms with Gasteiger partial charge in [-0.1, -0.05) is 49.4 Å². The Morgan fingerprint density at radius 2 is 1.89 bits per heavy atom. The summed E-state index contributed by atoms with van der Waals surface area (Å²) in [5, 5.41) is 17.5. The predicted octanol–water partition coefficient (Wildman–Crippen LogP) is 6.45. The zero-order chi connectivity index (χ0) is 25.4. The monoisotopic (exact) mass is 485 g/mol. The van der Waals surface area contributed by atoms with Gasteiger partial charge in [-0.3, -0.25) is 0 Å². The van der Waals surface area contributed by atoms with E-state index in [1.807, 2.05) is 6.07 Å². The van der Waals surface area contributed by atoms with Crippen molar-refractivity contribution in [2.45, 2.75) is 46.1 Å². The van der Waals surface area contributed by atoms with Gasteiger partial charge in [-0.05, 0) is 77.3 Å². The summed E-state index contributed by atoms with van der Waals surface area (Å²) in [6.07, 6.45) is 6.86. The number of hydrogen-bond acceptors (Lipinski definition) is 5. The predicted molar refractivity (Wildman–Crippen MR) is 144 cm³/mol. The Labute approximate surface area is 215 Å². The number of nitriles is 1. The average molecular weight is 486 g/mol. The highest BCUT2D eigenvalue weighted by atomic mass is 16.4. The third kappa shape index (κ3) is 4.13. The van der Waals surface area contributed by atoms with Gasteiger partial charge in [0.05, 0.1) is 17.1 Å². The van der Waals surface area contributed by atoms with Gasteiger partial charge in [0.15, 0.2) is 0 Å². The molecule has 0 radical (unpaired) electrons. The van der Waals surface area contributed by atoms with Crippen LogP contribution in [0.3, 0.4) is 0 Å². The van der Waals surface area contributed by atoms with Crippen LogP contribution in [0.2, 0.25) is 0 Å². The van der Waals surface area contributed by atoms with Gasteiger partial charge in [-0.25, -0.2) is 4.98 Å². The van der Waals surface area contributed by atoms with Crippen LogP contribution in [0.25, 0.3) is 28.1 Å². The summed E-state index contributed by atoms with van der Waals surface area (Å²) >= 11 is 0. The van der Waals surface area contributed by atoms with Crippen molar-refractivity contribution in [1.82, 2.24) is 19.7 Å². The maximum atomic E-state index is 9.53. The number of benzene rings is 3. The number of aromatic nitrogens is 4. The normalized spacial score (nSPS) is 13.8. The average Bonchev–Trinajstić information content (AvgIpc) is 3.53. The van der Waals surface area contributed by atoms with Crippen molar-refractivity contribution in [2.24, 2.45) is 0 Å². The highest BCUT2D eigenvalue weighted by Crippen LogP contribution is 2.34. The molecule has 2 aromatic heterocycles. The molecule has 0 atom stereocenters. The van der Waals surface area contributed by atoms with E-state index in [2.05, 4.69) is 83.2 Å². The van der Waals surface area contributed by atoms with E-state index in [0.29, 0.717) is 5.89 Å². The number of imidazole rings is 1. The van der Waals surface area contributed by atoms with Crippen LogP contribution in [0.4, 0.5) is 0 Å². The van der Waals surface area contributed by atoms with Gasteiger partial charge < -0.3 is 8.98 Å². The molecular formula is C31H27N5O. The van der Waals surface area contributed by atoms with Crippen LogP contribution in [-0.2, 0) is 25.8 Å². The fourth-order valence-corrected chi connectivity index (χ4v) is 5.49. The molecule has 0 spiro atoms. The van der Waals surface area contributed by atoms with Crippen LogP contribution in [0.5, 0.6) is 0 Å². The quantitative estimate of drug-likeness (QED) is 0.267. The van der Waals surface area contributed by atoms with Crippen molar-refractivity contribution in [3.05, 3.63) is 106 Å². The summed E-state index contributed by atoms with van der Waals surface area (Å²) in [7, 11) is 0. The topological polar surface area (TPSA) is 80.5 Å². The molecule has 6 rings (SSSR count). The van der Waals surface area contributed by atoms with Crippen LogP contribution in [-0.4, -0.2) is 19.7 Å². The molecule has 182 valence electrons. The summed E-state index contributed by atoms with van der Waals surface area (Å²) in [6, 6.07) is 21.5. The van der Waals surface area contributed by atoms with E-state index in [4.69, 9.17) is 9.40 Å². The van der Waals surface area contributed by atoms with E-state index in [-0.39, 0.29) is 0 Å². The van der Waals surface area contributed by atoms with E-state index in [1.165, 1.54) is 23.1 Å². The molecule has 5 aromatic rings. The first-order chi connectivity index (χ1) is 18.2. The number of rotatable bonds is 5. The highest BCUT2D eigenvalue weighted by molar-refractivity contribution is 5.86. The van der Waals surface area contributed by atoms with Gasteiger partial charge in [0, 0.05) is 24.6 Å². The largest absolute Gasteiger partial charge is 0.423 e. The SMILES string of the molecule is CCCc1nc2c(C)cc(-c3nnco3)cc2n1Cc1ccc2c(c1)CCc1ccccc1/C2=C\C#N. The molecule has 1 aliphatic rings. The molecule has 0 bridgehead atoms. The molecule has 6 heteroatoms. The van der Waals surface area contributed by atoms with Gasteiger partial charge in [0.1, 0.15) is 5.82 Å². The number of fused-ring (bicyclic) bond motifs is 3. The number of allylic oxidation sites excluding steroid dienone is 1. The van der Waals surface area contributed by atoms with Gasteiger partial charge in [0.25, 0.3) is 0 Å². The van der Waals surface area contributed by atoms with E-state index in [9.17, 15) is 5.26 Å². The minimum Gasteiger partial charge on any atom is -0.423 e. The van der Waals surface area contributed by atoms with Crippen LogP contribution < -0.4 is 0 Å². The second-order valence-electron chi connectivity index (χ2n) is 9.60. The Hall–Kier alpha value is -4.50. The van der Waals surface area contributed by atoms with Crippen molar-refractivity contribution in [2.75, 3.05) is 0 Å². The lowest BCUT2D eigenvalue weighted by molar-refractivity contribution is 0.568. The Kier molecular flexibility index (Phi) is 5.90. The third-order valence-corrected chi connectivity index (χ3v) is 7.18. The standard InChI is InChI=1S/C31H27N5O/c1-3-6-29-34-30-20(2)15-24(31-35-33-19-37-31)17-28(30)36(29)18-21-9-12-26-23(16-21)11-10-22-7-4-5-8-25(22)27(26)13-14-32/h4-5,7-9,12-13,15-17,19H,3,6,10-11,18H2,1-2H3/b27-13+. The zero-order valence-electron chi connectivity index (χ0n) is 21.0. The highest BCUT2D eigenvalue weighted by Gasteiger charge is 2.20. The Morgan fingerprint density at radius 3 is 2.70 bits per heavy atom. The van der Waals surface area contributed by atoms with Crippen molar-refractivity contribution >= 4 is 16.6 Å². The van der Waals surface area contributed by atoms with Gasteiger partial charge in [0.2, 0.25) is 12.3 Å². The van der Waals surface area contributed by atoms with Crippen LogP contribution in [0.15, 0.2) is 71.5 Å². The molecule has 0 saturated heterocycles. The molecule has 6 nitrogen and oxygen atoms in total. The molecule has 2 heterocycles. The summed E-state index contributed by atoms with van der Waals surface area (Å²) in [4.78, 5) is 5.04. The Balaban J connectivity index is 1.44. The van der Waals surface area contributed by atoms with Crippen LogP contribution >= 0.6 is 0 Å². The minimum atomic E-state index is 0.510. The molecule has 0 amide bonds. The summed E-state index contributed by atoms with van der Waals surface area (Å²) in [6.45, 7) is 4.98. The van der Waals surface area contributed by atoms with Gasteiger partial charge in [-0.2, -0.15) is 5.26 Å². The summed E-state index contributed by atoms with van der Waals surface area (Å²) in [5.74, 6) is 1.59. The van der Waals surface area contributed by atoms with Crippen LogP contribution in [0, 0.1) is 18.3 Å². The summed E-state index contributed by atoms with van der Waals surface area (Å²) < 4.78 is 7.81. The molecule has 3 aromatic carbocycles. The molecule has 37 heavy (non-hydrogen) atoms. The molecule has 1 aliphatic carbocycles. The fraction of sp³-hybridized carbons (Fsp3) is 0.226. The molecule has 0 N–H and O–H groups in total. The zero-order valence-corrected chi connectivity index (χ0v) is 21.0. The number of nitrogens with zero attached hydrogens (tertiary/aromatic N) is 5. The first-order valence-electron chi connectivity index (χ1n) is 12.7. The van der Waals surface area contributed by atoms with E-state index in [1.54, 1.807) is 6.08 Å². The smallest absolute Gasteiger partial charge is 0.247 e. The van der Waals surface area contributed by atoms with Crippen molar-refractivity contribution < 1.29 is 4.42 Å². The van der Waals surface area contributed by atoms with Gasteiger partial charge in [-0.15, -0.1) is 10.2 Å². The molecule has 0 saturated carbocycles. The van der Waals surface area contributed by atoms with Crippen molar-refractivity contribution in [3.8, 4) is 17.5 Å². The number of aryl methyl sites for hydroxylation is 4. The van der Waals surface area contributed by atoms with E-state index >= 15 is 0 Å². The lowest BCUT2D eigenvalue weighted by Gasteiger charge is -2.14. The fourth-order valence-electron chi connectivity index (χ4n) is 5.49. The molecule has 0 fully saturated rings. The number of hydrogen-bond donors (Lipinski definition) is 0. The van der Waals surface area contributed by atoms with Crippen molar-refractivity contribution in [1.29, 1.82) is 5.26 Å². The second kappa shape index (κ2) is 9.51. The van der Waals surface area contributed by atoms with Gasteiger partial charge >= 0.3 is 0 Å². The minimum absolute atomic E-state index is 0.510. The lowest BCUT2D eigenvalue weighted by Crippen LogP contribution is -2.06. The maximum Gasteiger partial charge on any atom is 0.247 e.